The van der Waals surface area contributed by atoms with Crippen LogP contribution in [0.3, 0.4) is 0 Å². The van der Waals surface area contributed by atoms with Crippen molar-refractivity contribution in [3.05, 3.63) is 0 Å². The topological polar surface area (TPSA) is 57.5 Å². The standard InChI is InChI=1S/C12H20O3/c1-7(12(14)15)11(13)6-10-5-8-2-3-9(10)4-8/h7-11,13H,2-6H2,1H3,(H,14,15)/t7?,8-,9+,10+,11?/m1/s1. The summed E-state index contributed by atoms with van der Waals surface area (Å²) in [6.07, 6.45) is 5.21. The van der Waals surface area contributed by atoms with Crippen molar-refractivity contribution in [3.63, 3.8) is 0 Å². The van der Waals surface area contributed by atoms with Crippen molar-refractivity contribution in [1.29, 1.82) is 0 Å². The van der Waals surface area contributed by atoms with Gasteiger partial charge in [-0.25, -0.2) is 0 Å². The third-order valence-corrected chi connectivity index (χ3v) is 4.40. The summed E-state index contributed by atoms with van der Waals surface area (Å²) in [5, 5.41) is 18.6. The van der Waals surface area contributed by atoms with E-state index in [1.807, 2.05) is 0 Å². The first kappa shape index (κ1) is 10.9. The smallest absolute Gasteiger partial charge is 0.308 e. The fourth-order valence-corrected chi connectivity index (χ4v) is 3.34. The van der Waals surface area contributed by atoms with Gasteiger partial charge in [0, 0.05) is 0 Å². The highest BCUT2D eigenvalue weighted by atomic mass is 16.4. The Hall–Kier alpha value is -0.570. The number of carboxylic acids is 1. The number of carbonyl (C=O) groups is 1. The molecule has 3 heteroatoms. The number of rotatable bonds is 4. The molecule has 0 heterocycles. The van der Waals surface area contributed by atoms with Gasteiger partial charge in [-0.2, -0.15) is 0 Å². The first-order chi connectivity index (χ1) is 7.08. The second-order valence-corrected chi connectivity index (χ2v) is 5.36. The van der Waals surface area contributed by atoms with E-state index in [9.17, 15) is 9.90 Å². The summed E-state index contributed by atoms with van der Waals surface area (Å²) in [6, 6.07) is 0. The normalized spacial score (nSPS) is 37.9. The van der Waals surface area contributed by atoms with Crippen LogP contribution in [0, 0.1) is 23.7 Å². The van der Waals surface area contributed by atoms with E-state index in [1.54, 1.807) is 6.92 Å². The summed E-state index contributed by atoms with van der Waals surface area (Å²) in [6.45, 7) is 1.60. The second kappa shape index (κ2) is 4.12. The lowest BCUT2D eigenvalue weighted by atomic mass is 9.82. The molecule has 0 amide bonds. The fourth-order valence-electron chi connectivity index (χ4n) is 3.34. The zero-order chi connectivity index (χ0) is 11.0. The molecule has 3 nitrogen and oxygen atoms in total. The van der Waals surface area contributed by atoms with Gasteiger partial charge in [-0.3, -0.25) is 4.79 Å². The van der Waals surface area contributed by atoms with Gasteiger partial charge in [0.15, 0.2) is 0 Å². The quantitative estimate of drug-likeness (QED) is 0.748. The lowest BCUT2D eigenvalue weighted by molar-refractivity contribution is -0.145. The molecule has 0 aromatic heterocycles. The summed E-state index contributed by atoms with van der Waals surface area (Å²) in [5.74, 6) is 0.716. The Balaban J connectivity index is 1.84. The van der Waals surface area contributed by atoms with Crippen LogP contribution in [-0.2, 0) is 4.79 Å². The molecule has 2 aliphatic rings. The molecule has 2 bridgehead atoms. The molecule has 2 aliphatic carbocycles. The van der Waals surface area contributed by atoms with E-state index >= 15 is 0 Å². The predicted octanol–water partition coefficient (Wildman–Crippen LogP) is 1.89. The lowest BCUT2D eigenvalue weighted by Gasteiger charge is -2.25. The molecular formula is C12H20O3. The summed E-state index contributed by atoms with van der Waals surface area (Å²) in [4.78, 5) is 10.7. The van der Waals surface area contributed by atoms with E-state index in [4.69, 9.17) is 5.11 Å². The van der Waals surface area contributed by atoms with Crippen LogP contribution in [0.15, 0.2) is 0 Å². The Morgan fingerprint density at radius 2 is 2.13 bits per heavy atom. The van der Waals surface area contributed by atoms with Crippen molar-refractivity contribution in [2.75, 3.05) is 0 Å². The molecule has 2 N–H and O–H groups in total. The number of hydrogen-bond acceptors (Lipinski definition) is 2. The van der Waals surface area contributed by atoms with Crippen molar-refractivity contribution in [3.8, 4) is 0 Å². The third-order valence-electron chi connectivity index (χ3n) is 4.40. The van der Waals surface area contributed by atoms with Gasteiger partial charge in [-0.05, 0) is 50.4 Å². The van der Waals surface area contributed by atoms with Gasteiger partial charge in [0.05, 0.1) is 12.0 Å². The molecule has 0 aromatic carbocycles. The highest BCUT2D eigenvalue weighted by Gasteiger charge is 2.40. The van der Waals surface area contributed by atoms with Crippen LogP contribution in [-0.4, -0.2) is 22.3 Å². The molecule has 86 valence electrons. The maximum Gasteiger partial charge on any atom is 0.308 e. The molecule has 2 saturated carbocycles. The highest BCUT2D eigenvalue weighted by Crippen LogP contribution is 2.50. The van der Waals surface area contributed by atoms with Gasteiger partial charge < -0.3 is 10.2 Å². The van der Waals surface area contributed by atoms with Crippen LogP contribution < -0.4 is 0 Å². The molecule has 5 atom stereocenters. The molecule has 0 spiro atoms. The molecule has 0 aliphatic heterocycles. The summed E-state index contributed by atoms with van der Waals surface area (Å²) < 4.78 is 0. The van der Waals surface area contributed by atoms with Crippen molar-refractivity contribution in [2.24, 2.45) is 23.7 Å². The van der Waals surface area contributed by atoms with Crippen molar-refractivity contribution in [1.82, 2.24) is 0 Å². The molecule has 15 heavy (non-hydrogen) atoms. The van der Waals surface area contributed by atoms with Gasteiger partial charge in [-0.15, -0.1) is 0 Å². The van der Waals surface area contributed by atoms with E-state index in [1.165, 1.54) is 25.7 Å². The number of aliphatic hydroxyl groups excluding tert-OH is 1. The summed E-state index contributed by atoms with van der Waals surface area (Å²) in [5.41, 5.74) is 0. The summed E-state index contributed by atoms with van der Waals surface area (Å²) >= 11 is 0. The largest absolute Gasteiger partial charge is 0.481 e. The maximum atomic E-state index is 10.7. The minimum atomic E-state index is -0.884. The first-order valence-electron chi connectivity index (χ1n) is 5.98. The highest BCUT2D eigenvalue weighted by molar-refractivity contribution is 5.70. The van der Waals surface area contributed by atoms with Crippen LogP contribution in [0.1, 0.15) is 39.0 Å². The average molecular weight is 212 g/mol. The zero-order valence-corrected chi connectivity index (χ0v) is 9.22. The van der Waals surface area contributed by atoms with Gasteiger partial charge in [0.25, 0.3) is 0 Å². The molecule has 0 saturated heterocycles. The van der Waals surface area contributed by atoms with Crippen LogP contribution in [0.25, 0.3) is 0 Å². The minimum absolute atomic E-state index is 0.584. The Kier molecular flexibility index (Phi) is 3.01. The first-order valence-corrected chi connectivity index (χ1v) is 5.98. The van der Waals surface area contributed by atoms with E-state index in [0.29, 0.717) is 12.3 Å². The zero-order valence-electron chi connectivity index (χ0n) is 9.22. The molecule has 2 rings (SSSR count). The number of fused-ring (bicyclic) bond motifs is 2. The van der Waals surface area contributed by atoms with E-state index < -0.39 is 18.0 Å². The molecule has 0 radical (unpaired) electrons. The average Bonchev–Trinajstić information content (AvgIpc) is 2.77. The SMILES string of the molecule is CC(C(=O)O)C(O)C[C@@H]1C[C@@H]2CC[C@H]1C2. The van der Waals surface area contributed by atoms with Crippen molar-refractivity contribution >= 4 is 5.97 Å². The van der Waals surface area contributed by atoms with Crippen molar-refractivity contribution in [2.45, 2.75) is 45.1 Å². The lowest BCUT2D eigenvalue weighted by Crippen LogP contribution is -2.29. The van der Waals surface area contributed by atoms with E-state index in [0.717, 1.165) is 11.8 Å². The predicted molar refractivity (Wildman–Crippen MR) is 56.4 cm³/mol. The monoisotopic (exact) mass is 212 g/mol. The van der Waals surface area contributed by atoms with Crippen LogP contribution in [0.2, 0.25) is 0 Å². The van der Waals surface area contributed by atoms with Crippen LogP contribution >= 0.6 is 0 Å². The van der Waals surface area contributed by atoms with Gasteiger partial charge in [0.2, 0.25) is 0 Å². The number of aliphatic hydroxyl groups is 1. The number of hydrogen-bond donors (Lipinski definition) is 2. The van der Waals surface area contributed by atoms with Crippen LogP contribution in [0.5, 0.6) is 0 Å². The second-order valence-electron chi connectivity index (χ2n) is 5.36. The van der Waals surface area contributed by atoms with E-state index in [-0.39, 0.29) is 0 Å². The third kappa shape index (κ3) is 2.17. The van der Waals surface area contributed by atoms with E-state index in [2.05, 4.69) is 0 Å². The Morgan fingerprint density at radius 3 is 2.60 bits per heavy atom. The van der Waals surface area contributed by atoms with Crippen molar-refractivity contribution < 1.29 is 15.0 Å². The molecule has 0 aromatic rings. The number of carboxylic acid groups (broad SMARTS) is 1. The van der Waals surface area contributed by atoms with Gasteiger partial charge in [0.1, 0.15) is 0 Å². The Morgan fingerprint density at radius 1 is 1.40 bits per heavy atom. The fraction of sp³-hybridized carbons (Fsp3) is 0.917. The number of aliphatic carboxylic acids is 1. The van der Waals surface area contributed by atoms with Gasteiger partial charge in [-0.1, -0.05) is 6.42 Å². The molecule has 2 unspecified atom stereocenters. The molecule has 2 fully saturated rings. The Bertz CT molecular complexity index is 251. The summed E-state index contributed by atoms with van der Waals surface area (Å²) in [7, 11) is 0. The van der Waals surface area contributed by atoms with Crippen LogP contribution in [0.4, 0.5) is 0 Å². The van der Waals surface area contributed by atoms with Gasteiger partial charge >= 0.3 is 5.97 Å². The maximum absolute atomic E-state index is 10.7. The molecular weight excluding hydrogens is 192 g/mol. The minimum Gasteiger partial charge on any atom is -0.481 e. The Labute approximate surface area is 90.5 Å².